The van der Waals surface area contributed by atoms with Crippen molar-refractivity contribution in [2.45, 2.75) is 25.8 Å². The number of anilines is 1. The molecule has 3 aromatic carbocycles. The van der Waals surface area contributed by atoms with Crippen LogP contribution < -0.4 is 5.32 Å². The molecule has 0 bridgehead atoms. The molecule has 172 valence electrons. The summed E-state index contributed by atoms with van der Waals surface area (Å²) in [4.78, 5) is 16.8. The number of hydrogen-bond donors (Lipinski definition) is 2. The Morgan fingerprint density at radius 1 is 1.03 bits per heavy atom. The van der Waals surface area contributed by atoms with Crippen LogP contribution in [0.2, 0.25) is 0 Å². The van der Waals surface area contributed by atoms with Crippen LogP contribution >= 0.6 is 0 Å². The molecule has 0 aliphatic carbocycles. The number of aliphatic hydroxyl groups excluding tert-OH is 1. The summed E-state index contributed by atoms with van der Waals surface area (Å²) < 4.78 is 20.4. The number of benzene rings is 3. The molecule has 8 heteroatoms. The van der Waals surface area contributed by atoms with Gasteiger partial charge in [-0.2, -0.15) is 4.98 Å². The summed E-state index contributed by atoms with van der Waals surface area (Å²) in [7, 11) is 0. The molecule has 5 rings (SSSR count). The number of carbonyl (C=O) groups excluding carboxylic acids is 1. The highest BCUT2D eigenvalue weighted by atomic mass is 19.1. The number of aryl methyl sites for hydroxylation is 1. The number of carbonyl (C=O) groups is 1. The van der Waals surface area contributed by atoms with Crippen LogP contribution in [-0.4, -0.2) is 32.3 Å². The maximum atomic E-state index is 13.1. The number of aromatic nitrogens is 3. The summed E-state index contributed by atoms with van der Waals surface area (Å²) in [6, 6.07) is 19.7. The van der Waals surface area contributed by atoms with Gasteiger partial charge < -0.3 is 19.5 Å². The zero-order valence-electron chi connectivity index (χ0n) is 18.4. The van der Waals surface area contributed by atoms with Crippen LogP contribution in [-0.2, 0) is 17.8 Å². The fourth-order valence-electron chi connectivity index (χ4n) is 4.17. The Labute approximate surface area is 194 Å². The normalized spacial score (nSPS) is 11.4. The molecule has 0 unspecified atom stereocenters. The first-order chi connectivity index (χ1) is 16.6. The second kappa shape index (κ2) is 9.44. The van der Waals surface area contributed by atoms with E-state index < -0.39 is 0 Å². The van der Waals surface area contributed by atoms with Gasteiger partial charge >= 0.3 is 0 Å². The highest BCUT2D eigenvalue weighted by Gasteiger charge is 2.13. The molecular formula is C26H23FN4O3. The van der Waals surface area contributed by atoms with Crippen molar-refractivity contribution in [3.63, 3.8) is 0 Å². The Bertz CT molecular complexity index is 1460. The molecular weight excluding hydrogens is 435 g/mol. The SMILES string of the molecule is O=C(CCCc1nc(-c2ccc(F)cc2)no1)Nc1ccc2c(c1)c1ccccc1n2CCO. The Morgan fingerprint density at radius 2 is 1.82 bits per heavy atom. The molecule has 2 heterocycles. The monoisotopic (exact) mass is 458 g/mol. The van der Waals surface area contributed by atoms with Gasteiger partial charge in [0, 0.05) is 52.4 Å². The molecule has 2 N–H and O–H groups in total. The van der Waals surface area contributed by atoms with E-state index in [1.54, 1.807) is 12.1 Å². The van der Waals surface area contributed by atoms with Gasteiger partial charge in [0.05, 0.1) is 6.61 Å². The highest BCUT2D eigenvalue weighted by Crippen LogP contribution is 2.31. The van der Waals surface area contributed by atoms with E-state index >= 15 is 0 Å². The van der Waals surface area contributed by atoms with Crippen molar-refractivity contribution in [1.82, 2.24) is 14.7 Å². The zero-order valence-corrected chi connectivity index (χ0v) is 18.4. The van der Waals surface area contributed by atoms with Crippen molar-refractivity contribution in [3.05, 3.63) is 78.4 Å². The van der Waals surface area contributed by atoms with Gasteiger partial charge in [0.25, 0.3) is 0 Å². The second-order valence-electron chi connectivity index (χ2n) is 8.04. The fraction of sp³-hybridized carbons (Fsp3) is 0.192. The van der Waals surface area contributed by atoms with Crippen LogP contribution in [0.25, 0.3) is 33.2 Å². The Kier molecular flexibility index (Phi) is 6.05. The third-order valence-corrected chi connectivity index (χ3v) is 5.74. The van der Waals surface area contributed by atoms with Gasteiger partial charge in [-0.15, -0.1) is 0 Å². The van der Waals surface area contributed by atoms with E-state index in [9.17, 15) is 14.3 Å². The largest absolute Gasteiger partial charge is 0.395 e. The number of rotatable bonds is 8. The number of fused-ring (bicyclic) bond motifs is 3. The van der Waals surface area contributed by atoms with Crippen LogP contribution in [0.3, 0.4) is 0 Å². The Morgan fingerprint density at radius 3 is 2.65 bits per heavy atom. The van der Waals surface area contributed by atoms with Gasteiger partial charge in [-0.05, 0) is 55.0 Å². The van der Waals surface area contributed by atoms with Crippen LogP contribution in [0.1, 0.15) is 18.7 Å². The van der Waals surface area contributed by atoms with Gasteiger partial charge in [0.2, 0.25) is 17.6 Å². The quantitative estimate of drug-likeness (QED) is 0.344. The minimum atomic E-state index is -0.325. The van der Waals surface area contributed by atoms with Gasteiger partial charge in [-0.1, -0.05) is 23.4 Å². The summed E-state index contributed by atoms with van der Waals surface area (Å²) in [6.45, 7) is 0.561. The van der Waals surface area contributed by atoms with Gasteiger partial charge in [0.15, 0.2) is 0 Å². The van der Waals surface area contributed by atoms with Crippen molar-refractivity contribution in [1.29, 1.82) is 0 Å². The van der Waals surface area contributed by atoms with E-state index in [0.717, 1.165) is 27.5 Å². The highest BCUT2D eigenvalue weighted by molar-refractivity contribution is 6.09. The number of amides is 1. The van der Waals surface area contributed by atoms with Crippen molar-refractivity contribution in [3.8, 4) is 11.4 Å². The Hall–Kier alpha value is -4.04. The Balaban J connectivity index is 1.22. The third-order valence-electron chi connectivity index (χ3n) is 5.74. The molecule has 1 amide bonds. The van der Waals surface area contributed by atoms with Gasteiger partial charge in [0.1, 0.15) is 5.82 Å². The van der Waals surface area contributed by atoms with Crippen LogP contribution in [0.4, 0.5) is 10.1 Å². The molecule has 0 fully saturated rings. The summed E-state index contributed by atoms with van der Waals surface area (Å²) in [5.74, 6) is 0.406. The van der Waals surface area contributed by atoms with Gasteiger partial charge in [-0.25, -0.2) is 4.39 Å². The predicted molar refractivity (Wildman–Crippen MR) is 128 cm³/mol. The topological polar surface area (TPSA) is 93.2 Å². The molecule has 7 nitrogen and oxygen atoms in total. The maximum Gasteiger partial charge on any atom is 0.226 e. The fourth-order valence-corrected chi connectivity index (χ4v) is 4.17. The molecule has 0 radical (unpaired) electrons. The van der Waals surface area contributed by atoms with E-state index in [1.165, 1.54) is 12.1 Å². The van der Waals surface area contributed by atoms with E-state index in [4.69, 9.17) is 4.52 Å². The zero-order chi connectivity index (χ0) is 23.5. The smallest absolute Gasteiger partial charge is 0.226 e. The predicted octanol–water partition coefficient (Wildman–Crippen LogP) is 4.94. The molecule has 0 aliphatic rings. The number of hydrogen-bond acceptors (Lipinski definition) is 5. The first kappa shape index (κ1) is 21.8. The van der Waals surface area contributed by atoms with E-state index in [-0.39, 0.29) is 18.3 Å². The molecule has 34 heavy (non-hydrogen) atoms. The lowest BCUT2D eigenvalue weighted by Crippen LogP contribution is -2.11. The average molecular weight is 458 g/mol. The molecule has 0 aliphatic heterocycles. The van der Waals surface area contributed by atoms with Crippen molar-refractivity contribution >= 4 is 33.4 Å². The molecule has 0 spiro atoms. The van der Waals surface area contributed by atoms with Crippen LogP contribution in [0.15, 0.2) is 71.3 Å². The van der Waals surface area contributed by atoms with E-state index in [1.807, 2.05) is 42.5 Å². The van der Waals surface area contributed by atoms with E-state index in [0.29, 0.717) is 43.1 Å². The lowest BCUT2D eigenvalue weighted by atomic mass is 10.1. The third kappa shape index (κ3) is 4.40. The minimum Gasteiger partial charge on any atom is -0.395 e. The van der Waals surface area contributed by atoms with Crippen LogP contribution in [0.5, 0.6) is 0 Å². The molecule has 5 aromatic rings. The average Bonchev–Trinajstić information content (AvgIpc) is 3.43. The van der Waals surface area contributed by atoms with Gasteiger partial charge in [-0.3, -0.25) is 4.79 Å². The maximum absolute atomic E-state index is 13.1. The molecule has 0 saturated carbocycles. The first-order valence-corrected chi connectivity index (χ1v) is 11.1. The molecule has 0 saturated heterocycles. The van der Waals surface area contributed by atoms with E-state index in [2.05, 4.69) is 20.0 Å². The number of nitrogens with zero attached hydrogens (tertiary/aromatic N) is 3. The lowest BCUT2D eigenvalue weighted by molar-refractivity contribution is -0.116. The number of aliphatic hydroxyl groups is 1. The number of para-hydroxylation sites is 1. The number of halogens is 1. The second-order valence-corrected chi connectivity index (χ2v) is 8.04. The number of nitrogens with one attached hydrogen (secondary N) is 1. The van der Waals surface area contributed by atoms with Crippen LogP contribution in [0, 0.1) is 5.82 Å². The standard InChI is InChI=1S/C26H23FN4O3/c27-18-10-8-17(9-11-18)26-29-25(34-30-26)7-3-6-24(33)28-19-12-13-23-21(16-19)20-4-1-2-5-22(20)31(23)14-15-32/h1-2,4-5,8-13,16,32H,3,6-7,14-15H2,(H,28,33). The minimum absolute atomic E-state index is 0.0533. The van der Waals surface area contributed by atoms with Crippen molar-refractivity contribution in [2.24, 2.45) is 0 Å². The summed E-state index contributed by atoms with van der Waals surface area (Å²) >= 11 is 0. The molecule has 0 atom stereocenters. The van der Waals surface area contributed by atoms with Crippen molar-refractivity contribution in [2.75, 3.05) is 11.9 Å². The summed E-state index contributed by atoms with van der Waals surface area (Å²) in [5, 5.41) is 18.5. The van der Waals surface area contributed by atoms with Crippen molar-refractivity contribution < 1.29 is 18.8 Å². The lowest BCUT2D eigenvalue weighted by Gasteiger charge is -2.07. The summed E-state index contributed by atoms with van der Waals surface area (Å²) in [6.07, 6.45) is 1.32. The molecule has 2 aromatic heterocycles. The first-order valence-electron chi connectivity index (χ1n) is 11.1. The summed E-state index contributed by atoms with van der Waals surface area (Å²) in [5.41, 5.74) is 3.46.